The third-order valence-corrected chi connectivity index (χ3v) is 5.81. The largest absolute Gasteiger partial charge is 0.488 e. The summed E-state index contributed by atoms with van der Waals surface area (Å²) >= 11 is 0. The second-order valence-corrected chi connectivity index (χ2v) is 7.68. The predicted octanol–water partition coefficient (Wildman–Crippen LogP) is 4.24. The summed E-state index contributed by atoms with van der Waals surface area (Å²) in [6.45, 7) is 5.97. The van der Waals surface area contributed by atoms with E-state index in [9.17, 15) is 4.79 Å². The third-order valence-electron chi connectivity index (χ3n) is 5.81. The minimum atomic E-state index is -0.328. The minimum absolute atomic E-state index is 0.328. The number of fused-ring (bicyclic) bond motifs is 2. The molecule has 1 fully saturated rings. The van der Waals surface area contributed by atoms with Crippen LogP contribution in [-0.2, 0) is 6.61 Å². The first-order valence-electron chi connectivity index (χ1n) is 10.3. The quantitative estimate of drug-likeness (QED) is 0.519. The minimum Gasteiger partial charge on any atom is -0.488 e. The van der Waals surface area contributed by atoms with E-state index in [1.165, 1.54) is 10.8 Å². The van der Waals surface area contributed by atoms with Gasteiger partial charge in [0.2, 0.25) is 0 Å². The van der Waals surface area contributed by atoms with Crippen LogP contribution in [0.25, 0.3) is 21.7 Å². The number of piperazine rings is 1. The maximum atomic E-state index is 12.3. The van der Waals surface area contributed by atoms with E-state index in [2.05, 4.69) is 34.5 Å². The molecule has 1 aliphatic rings. The van der Waals surface area contributed by atoms with Crippen LogP contribution in [0.3, 0.4) is 0 Å². The average molecular weight is 400 g/mol. The van der Waals surface area contributed by atoms with Crippen molar-refractivity contribution >= 4 is 27.4 Å². The van der Waals surface area contributed by atoms with Crippen LogP contribution in [0.5, 0.6) is 5.75 Å². The molecular weight excluding hydrogens is 376 g/mol. The lowest BCUT2D eigenvalue weighted by Gasteiger charge is -2.30. The molecule has 2 heterocycles. The second-order valence-electron chi connectivity index (χ2n) is 7.68. The van der Waals surface area contributed by atoms with Crippen LogP contribution >= 0.6 is 0 Å². The Morgan fingerprint density at radius 3 is 2.67 bits per heavy atom. The molecule has 0 unspecified atom stereocenters. The van der Waals surface area contributed by atoms with Gasteiger partial charge < -0.3 is 19.4 Å². The number of anilines is 1. The highest BCUT2D eigenvalue weighted by Gasteiger charge is 2.18. The van der Waals surface area contributed by atoms with Crippen LogP contribution in [0.2, 0.25) is 0 Å². The Morgan fingerprint density at radius 1 is 1.00 bits per heavy atom. The van der Waals surface area contributed by atoms with Gasteiger partial charge in [-0.2, -0.15) is 0 Å². The molecule has 0 atom stereocenters. The first kappa shape index (κ1) is 18.7. The summed E-state index contributed by atoms with van der Waals surface area (Å²) in [5.41, 5.74) is 3.19. The molecule has 1 aliphatic heterocycles. The molecule has 5 rings (SSSR count). The molecule has 0 saturated carbocycles. The smallest absolute Gasteiger partial charge is 0.338 e. The Bertz CT molecular complexity index is 1270. The van der Waals surface area contributed by atoms with Crippen LogP contribution in [0.4, 0.5) is 5.69 Å². The van der Waals surface area contributed by atoms with E-state index in [0.717, 1.165) is 54.1 Å². The van der Waals surface area contributed by atoms with Crippen molar-refractivity contribution in [2.75, 3.05) is 31.1 Å². The highest BCUT2D eigenvalue weighted by molar-refractivity contribution is 5.93. The maximum Gasteiger partial charge on any atom is 0.338 e. The van der Waals surface area contributed by atoms with E-state index in [4.69, 9.17) is 9.15 Å². The highest BCUT2D eigenvalue weighted by atomic mass is 16.5. The van der Waals surface area contributed by atoms with Gasteiger partial charge in [0.05, 0.1) is 5.69 Å². The zero-order valence-electron chi connectivity index (χ0n) is 17.0. The molecule has 30 heavy (non-hydrogen) atoms. The number of hydrogen-bond donors (Lipinski definition) is 1. The Hall–Kier alpha value is -3.31. The number of aryl methyl sites for hydroxylation is 1. The Balaban J connectivity index is 1.50. The van der Waals surface area contributed by atoms with Crippen molar-refractivity contribution in [2.24, 2.45) is 0 Å². The fraction of sp³-hybridized carbons (Fsp3) is 0.240. The normalized spacial score (nSPS) is 14.4. The van der Waals surface area contributed by atoms with Gasteiger partial charge in [-0.25, -0.2) is 4.79 Å². The van der Waals surface area contributed by atoms with Crippen LogP contribution in [0, 0.1) is 6.92 Å². The van der Waals surface area contributed by atoms with Crippen LogP contribution in [-0.4, -0.2) is 26.2 Å². The third kappa shape index (κ3) is 3.42. The van der Waals surface area contributed by atoms with Gasteiger partial charge in [0.1, 0.15) is 17.9 Å². The lowest BCUT2D eigenvalue weighted by molar-refractivity contribution is 0.305. The molecule has 1 saturated heterocycles. The van der Waals surface area contributed by atoms with Crippen molar-refractivity contribution in [1.82, 2.24) is 5.32 Å². The summed E-state index contributed by atoms with van der Waals surface area (Å²) in [6, 6.07) is 20.1. The van der Waals surface area contributed by atoms with Crippen molar-refractivity contribution in [3.63, 3.8) is 0 Å². The van der Waals surface area contributed by atoms with Gasteiger partial charge in [0.25, 0.3) is 0 Å². The zero-order valence-corrected chi connectivity index (χ0v) is 17.0. The molecule has 0 radical (unpaired) electrons. The first-order chi connectivity index (χ1) is 14.7. The summed E-state index contributed by atoms with van der Waals surface area (Å²) in [5.74, 6) is 0.732. The molecule has 5 nitrogen and oxygen atoms in total. The molecule has 4 aromatic rings. The van der Waals surface area contributed by atoms with Crippen molar-refractivity contribution in [1.29, 1.82) is 0 Å². The molecule has 152 valence electrons. The molecule has 0 amide bonds. The summed E-state index contributed by atoms with van der Waals surface area (Å²) in [5, 5.41) is 6.68. The van der Waals surface area contributed by atoms with Crippen LogP contribution in [0.1, 0.15) is 11.1 Å². The van der Waals surface area contributed by atoms with Crippen molar-refractivity contribution < 1.29 is 9.15 Å². The monoisotopic (exact) mass is 400 g/mol. The summed E-state index contributed by atoms with van der Waals surface area (Å²) in [7, 11) is 0. The van der Waals surface area contributed by atoms with E-state index < -0.39 is 0 Å². The molecule has 5 heteroatoms. The van der Waals surface area contributed by atoms with Gasteiger partial charge in [-0.3, -0.25) is 0 Å². The van der Waals surface area contributed by atoms with E-state index in [-0.39, 0.29) is 5.63 Å². The second kappa shape index (κ2) is 7.84. The number of nitrogens with zero attached hydrogens (tertiary/aromatic N) is 1. The fourth-order valence-electron chi connectivity index (χ4n) is 4.22. The SMILES string of the molecule is Cc1c(OCc2cccc3ccccc23)ccc2c(N3CCNCC3)cc(=O)oc12. The van der Waals surface area contributed by atoms with Crippen molar-refractivity contribution in [3.8, 4) is 5.75 Å². The van der Waals surface area contributed by atoms with Gasteiger partial charge in [-0.15, -0.1) is 0 Å². The maximum absolute atomic E-state index is 12.3. The van der Waals surface area contributed by atoms with Crippen LogP contribution in [0.15, 0.2) is 69.9 Å². The van der Waals surface area contributed by atoms with Gasteiger partial charge in [0, 0.05) is 43.2 Å². The molecule has 3 aromatic carbocycles. The van der Waals surface area contributed by atoms with E-state index in [1.54, 1.807) is 6.07 Å². The summed E-state index contributed by atoms with van der Waals surface area (Å²) in [4.78, 5) is 14.5. The molecule has 0 spiro atoms. The Kier molecular flexibility index (Phi) is 4.89. The molecule has 0 bridgehead atoms. The lowest BCUT2D eigenvalue weighted by Crippen LogP contribution is -2.43. The summed E-state index contributed by atoms with van der Waals surface area (Å²) in [6.07, 6.45) is 0. The van der Waals surface area contributed by atoms with Gasteiger partial charge >= 0.3 is 5.63 Å². The Labute approximate surface area is 174 Å². The number of hydrogen-bond acceptors (Lipinski definition) is 5. The van der Waals surface area contributed by atoms with E-state index in [0.29, 0.717) is 12.2 Å². The highest BCUT2D eigenvalue weighted by Crippen LogP contribution is 2.33. The van der Waals surface area contributed by atoms with E-state index in [1.807, 2.05) is 37.3 Å². The molecule has 1 N–H and O–H groups in total. The van der Waals surface area contributed by atoms with Crippen molar-refractivity contribution in [2.45, 2.75) is 13.5 Å². The lowest BCUT2D eigenvalue weighted by atomic mass is 10.1. The topological polar surface area (TPSA) is 54.7 Å². The van der Waals surface area contributed by atoms with Gasteiger partial charge in [-0.1, -0.05) is 42.5 Å². The van der Waals surface area contributed by atoms with Crippen molar-refractivity contribution in [3.05, 3.63) is 82.2 Å². The van der Waals surface area contributed by atoms with E-state index >= 15 is 0 Å². The fourth-order valence-corrected chi connectivity index (χ4v) is 4.22. The first-order valence-corrected chi connectivity index (χ1v) is 10.3. The predicted molar refractivity (Wildman–Crippen MR) is 121 cm³/mol. The zero-order chi connectivity index (χ0) is 20.5. The number of ether oxygens (including phenoxy) is 1. The summed E-state index contributed by atoms with van der Waals surface area (Å²) < 4.78 is 11.8. The average Bonchev–Trinajstić information content (AvgIpc) is 2.79. The molecule has 0 aliphatic carbocycles. The number of nitrogens with one attached hydrogen (secondary N) is 1. The van der Waals surface area contributed by atoms with Crippen LogP contribution < -0.4 is 20.6 Å². The number of benzene rings is 3. The number of rotatable bonds is 4. The standard InChI is InChI=1S/C25H24N2O3/c1-17-23(29-16-19-7-4-6-18-5-2-3-8-20(18)19)10-9-21-22(15-24(28)30-25(17)21)27-13-11-26-12-14-27/h2-10,15,26H,11-14,16H2,1H3. The molecular formula is C25H24N2O3. The molecule has 1 aromatic heterocycles. The van der Waals surface area contributed by atoms with Gasteiger partial charge in [-0.05, 0) is 35.4 Å². The Morgan fingerprint density at radius 2 is 1.80 bits per heavy atom. The van der Waals surface area contributed by atoms with Gasteiger partial charge in [0.15, 0.2) is 0 Å².